The Bertz CT molecular complexity index is 1200. The summed E-state index contributed by atoms with van der Waals surface area (Å²) in [6.45, 7) is 25.7. The zero-order valence-corrected chi connectivity index (χ0v) is 29.8. The van der Waals surface area contributed by atoms with Crippen molar-refractivity contribution in [2.45, 2.75) is 106 Å². The molecule has 0 amide bonds. The fourth-order valence-corrected chi connectivity index (χ4v) is 9.25. The number of halogens is 2. The molecule has 2 aromatic rings. The molecule has 1 saturated heterocycles. The summed E-state index contributed by atoms with van der Waals surface area (Å²) in [6.07, 6.45) is 4.39. The van der Waals surface area contributed by atoms with Crippen LogP contribution >= 0.6 is 19.4 Å². The maximum absolute atomic E-state index is 5.82. The van der Waals surface area contributed by atoms with E-state index in [1.54, 1.807) is 0 Å². The van der Waals surface area contributed by atoms with Gasteiger partial charge >= 0.3 is 97.8 Å². The van der Waals surface area contributed by atoms with E-state index >= 15 is 0 Å². The molecule has 0 spiro atoms. The number of ether oxygens (including phenoxy) is 1. The van der Waals surface area contributed by atoms with Crippen LogP contribution in [0.25, 0.3) is 0 Å². The standard InChI is InChI=1S/C25H39N2.C10H12O.2ClH.Ru/c1-17(2)20-9-8-10-21(18(3)4)23(20)27-14-13-26(16-27)22-15-19-11-12-25(22,7)24(19,5)6;1-8(2)11-10-7-5-4-6-9(10)3;;;/h8-10,16-19,22H,11-15H2,1-7H3;3-8H,1-2H3;2*1H;/q-1;;;;+2/p-2. The maximum Gasteiger partial charge on any atom is 0.0152 e. The topological polar surface area (TPSA) is 15.7 Å². The molecule has 1 aliphatic heterocycles. The molecule has 3 unspecified atom stereocenters. The van der Waals surface area contributed by atoms with Crippen LogP contribution in [-0.4, -0.2) is 34.7 Å². The number of anilines is 1. The van der Waals surface area contributed by atoms with E-state index in [2.05, 4.69) is 83.1 Å². The average molecular weight is 688 g/mol. The van der Waals surface area contributed by atoms with Crippen LogP contribution in [0.15, 0.2) is 42.5 Å². The third kappa shape index (κ3) is 6.92. The summed E-state index contributed by atoms with van der Waals surface area (Å²) >= 11 is -1.77. The van der Waals surface area contributed by atoms with Gasteiger partial charge in [0.25, 0.3) is 0 Å². The molecule has 3 aliphatic rings. The normalized spacial score (nSPS) is 25.6. The number of benzene rings is 2. The number of para-hydroxylation sites is 2. The molecule has 5 rings (SSSR count). The quantitative estimate of drug-likeness (QED) is 0.213. The third-order valence-electron chi connectivity index (χ3n) is 10.1. The number of hydrogen-bond acceptors (Lipinski definition) is 3. The van der Waals surface area contributed by atoms with Gasteiger partial charge in [-0.25, -0.2) is 0 Å². The van der Waals surface area contributed by atoms with Gasteiger partial charge in [-0.3, -0.25) is 0 Å². The Morgan fingerprint density at radius 1 is 0.927 bits per heavy atom. The van der Waals surface area contributed by atoms with Crippen LogP contribution in [0.1, 0.15) is 110 Å². The molecule has 41 heavy (non-hydrogen) atoms. The van der Waals surface area contributed by atoms with Gasteiger partial charge in [-0.2, -0.15) is 6.67 Å². The minimum atomic E-state index is -1.77. The van der Waals surface area contributed by atoms with E-state index in [4.69, 9.17) is 24.1 Å². The Hall–Kier alpha value is -0.927. The first kappa shape index (κ1) is 33.0. The Kier molecular flexibility index (Phi) is 10.8. The summed E-state index contributed by atoms with van der Waals surface area (Å²) in [5, 5.41) is 0. The van der Waals surface area contributed by atoms with Crippen LogP contribution in [0.5, 0.6) is 5.75 Å². The Morgan fingerprint density at radius 3 is 2.07 bits per heavy atom. The Labute approximate surface area is 263 Å². The number of fused-ring (bicyclic) bond motifs is 2. The van der Waals surface area contributed by atoms with Gasteiger partial charge in [-0.05, 0) is 71.6 Å². The smallest absolute Gasteiger partial charge is 0.0152 e. The van der Waals surface area contributed by atoms with E-state index < -0.39 is 13.5 Å². The molecule has 230 valence electrons. The van der Waals surface area contributed by atoms with E-state index in [-0.39, 0.29) is 6.10 Å². The zero-order valence-electron chi connectivity index (χ0n) is 26.5. The Balaban J connectivity index is 0.000000234. The van der Waals surface area contributed by atoms with Gasteiger partial charge in [0.2, 0.25) is 0 Å². The molecule has 3 fully saturated rings. The molecule has 2 aromatic carbocycles. The van der Waals surface area contributed by atoms with Crippen molar-refractivity contribution in [1.29, 1.82) is 0 Å². The molecule has 6 heteroatoms. The van der Waals surface area contributed by atoms with Crippen molar-refractivity contribution in [2.24, 2.45) is 16.7 Å². The first-order chi connectivity index (χ1) is 19.3. The molecule has 2 saturated carbocycles. The summed E-state index contributed by atoms with van der Waals surface area (Å²) in [7, 11) is 11.6. The maximum atomic E-state index is 5.82. The van der Waals surface area contributed by atoms with Gasteiger partial charge in [0, 0.05) is 12.2 Å². The molecule has 3 atom stereocenters. The molecular formula is C35H51Cl2N2ORu-. The molecule has 2 bridgehead atoms. The van der Waals surface area contributed by atoms with Crippen molar-refractivity contribution in [3.8, 4) is 5.75 Å². The second-order valence-electron chi connectivity index (χ2n) is 13.8. The van der Waals surface area contributed by atoms with Crippen molar-refractivity contribution in [1.82, 2.24) is 4.90 Å². The molecular weight excluding hydrogens is 636 g/mol. The van der Waals surface area contributed by atoms with Gasteiger partial charge < -0.3 is 9.80 Å². The third-order valence-corrected chi connectivity index (χ3v) is 12.0. The van der Waals surface area contributed by atoms with Crippen molar-refractivity contribution in [3.63, 3.8) is 0 Å². The minimum absolute atomic E-state index is 0.163. The van der Waals surface area contributed by atoms with Crippen LogP contribution in [0.4, 0.5) is 5.69 Å². The fourth-order valence-electron chi connectivity index (χ4n) is 7.44. The molecule has 0 aromatic heterocycles. The van der Waals surface area contributed by atoms with Gasteiger partial charge in [-0.1, -0.05) is 66.7 Å². The van der Waals surface area contributed by atoms with Crippen molar-refractivity contribution >= 4 is 29.7 Å². The number of hydrogen-bond donors (Lipinski definition) is 0. The summed E-state index contributed by atoms with van der Waals surface area (Å²) < 4.78 is 7.51. The van der Waals surface area contributed by atoms with Crippen LogP contribution in [-0.2, 0) is 13.5 Å². The van der Waals surface area contributed by atoms with E-state index in [0.717, 1.165) is 23.8 Å². The zero-order chi connectivity index (χ0) is 30.1. The molecule has 0 radical (unpaired) electrons. The first-order valence-corrected chi connectivity index (χ1v) is 20.8. The van der Waals surface area contributed by atoms with Crippen molar-refractivity contribution in [3.05, 3.63) is 65.8 Å². The van der Waals surface area contributed by atoms with Crippen LogP contribution < -0.4 is 9.64 Å². The molecule has 0 N–H and O–H groups in total. The van der Waals surface area contributed by atoms with Gasteiger partial charge in [-0.15, -0.1) is 0 Å². The van der Waals surface area contributed by atoms with E-state index in [9.17, 15) is 0 Å². The predicted molar refractivity (Wildman–Crippen MR) is 175 cm³/mol. The van der Waals surface area contributed by atoms with Crippen molar-refractivity contribution in [2.75, 3.05) is 18.0 Å². The number of rotatable bonds is 7. The monoisotopic (exact) mass is 687 g/mol. The van der Waals surface area contributed by atoms with Crippen LogP contribution in [0, 0.1) is 23.4 Å². The van der Waals surface area contributed by atoms with E-state index in [0.29, 0.717) is 28.7 Å². The molecule has 2 aliphatic carbocycles. The van der Waals surface area contributed by atoms with Gasteiger partial charge in [0.15, 0.2) is 0 Å². The van der Waals surface area contributed by atoms with Crippen LogP contribution in [0.3, 0.4) is 0 Å². The van der Waals surface area contributed by atoms with E-state index in [1.165, 1.54) is 42.6 Å². The van der Waals surface area contributed by atoms with Gasteiger partial charge in [0.1, 0.15) is 0 Å². The largest absolute Gasteiger partial charge is 0.507 e. The second-order valence-corrected chi connectivity index (χ2v) is 19.5. The Morgan fingerprint density at radius 2 is 1.56 bits per heavy atom. The van der Waals surface area contributed by atoms with Crippen molar-refractivity contribution < 1.29 is 18.3 Å². The predicted octanol–water partition coefficient (Wildman–Crippen LogP) is 9.94. The second kappa shape index (κ2) is 13.4. The van der Waals surface area contributed by atoms with E-state index in [1.807, 2.05) is 42.7 Å². The van der Waals surface area contributed by atoms with Gasteiger partial charge in [0.05, 0.1) is 0 Å². The number of nitrogens with zero attached hydrogens (tertiary/aromatic N) is 2. The summed E-state index contributed by atoms with van der Waals surface area (Å²) in [6, 6.07) is 15.4. The SMILES string of the molecule is CC(C)Oc1ccccc1[CH]=[Ru]([Cl])[Cl].CC(C)c1cccc(C(C)C)c1N1[CH-]N(C2CC3CCC2(C)C3(C)C)CC1. The summed E-state index contributed by atoms with van der Waals surface area (Å²) in [5.74, 6) is 2.87. The first-order valence-electron chi connectivity index (χ1n) is 15.3. The molecule has 3 nitrogen and oxygen atoms in total. The minimum Gasteiger partial charge on any atom is -0.507 e. The summed E-state index contributed by atoms with van der Waals surface area (Å²) in [5.41, 5.74) is 6.42. The molecule has 1 heterocycles. The fraction of sp³-hybridized carbons (Fsp3) is 0.600. The average Bonchev–Trinajstić information content (AvgIpc) is 3.52. The summed E-state index contributed by atoms with van der Waals surface area (Å²) in [4.78, 5) is 5.29. The van der Waals surface area contributed by atoms with Crippen LogP contribution in [0.2, 0.25) is 0 Å².